The van der Waals surface area contributed by atoms with Crippen LogP contribution in [0.2, 0.25) is 0 Å². The fourth-order valence-corrected chi connectivity index (χ4v) is 2.83. The molecule has 2 aromatic rings. The summed E-state index contributed by atoms with van der Waals surface area (Å²) in [7, 11) is -4.07. The lowest BCUT2D eigenvalue weighted by Gasteiger charge is -2.05. The molecule has 1 N–H and O–H groups in total. The number of aromatic nitrogens is 2. The highest BCUT2D eigenvalue weighted by molar-refractivity contribution is 7.90. The first-order chi connectivity index (χ1) is 9.95. The van der Waals surface area contributed by atoms with Gasteiger partial charge in [-0.2, -0.15) is 5.10 Å². The molecule has 9 heteroatoms. The highest BCUT2D eigenvalue weighted by Gasteiger charge is 2.23. The van der Waals surface area contributed by atoms with Gasteiger partial charge in [-0.1, -0.05) is 0 Å². The van der Waals surface area contributed by atoms with Crippen LogP contribution in [0.1, 0.15) is 10.5 Å². The van der Waals surface area contributed by atoms with Gasteiger partial charge in [0.2, 0.25) is 5.88 Å². The smallest absolute Gasteiger partial charge is 0.285 e. The van der Waals surface area contributed by atoms with Gasteiger partial charge < -0.3 is 4.74 Å². The monoisotopic (exact) mass is 311 g/mol. The number of nitrogens with one attached hydrogen (secondary N) is 1. The third-order valence-electron chi connectivity index (χ3n) is 2.88. The van der Waals surface area contributed by atoms with Crippen LogP contribution in [0.5, 0.6) is 5.88 Å². The Kier molecular flexibility index (Phi) is 3.13. The van der Waals surface area contributed by atoms with Crippen molar-refractivity contribution in [1.82, 2.24) is 14.5 Å². The number of benzene rings is 1. The van der Waals surface area contributed by atoms with Crippen molar-refractivity contribution in [2.45, 2.75) is 11.4 Å². The van der Waals surface area contributed by atoms with Gasteiger partial charge in [-0.15, -0.1) is 0 Å². The molecule has 0 spiro atoms. The van der Waals surface area contributed by atoms with E-state index in [-0.39, 0.29) is 10.6 Å². The van der Waals surface area contributed by atoms with Gasteiger partial charge in [-0.25, -0.2) is 22.2 Å². The fraction of sp³-hybridized carbons (Fsp3) is 0.167. The van der Waals surface area contributed by atoms with Crippen molar-refractivity contribution in [3.63, 3.8) is 0 Å². The maximum Gasteiger partial charge on any atom is 0.285 e. The van der Waals surface area contributed by atoms with Gasteiger partial charge in [-0.05, 0) is 24.3 Å². The lowest BCUT2D eigenvalue weighted by molar-refractivity contribution is 0.0975. The Morgan fingerprint density at radius 2 is 2.05 bits per heavy atom. The molecule has 3 rings (SSSR count). The van der Waals surface area contributed by atoms with Crippen LogP contribution in [-0.4, -0.2) is 30.7 Å². The standard InChI is InChI=1S/C12H10FN3O4S/c13-8-1-3-9(4-2-8)21(18,19)15-12(17)10-7-11-16(14-10)5-6-20-11/h1-4,7H,5-6H2,(H,15,17). The molecule has 110 valence electrons. The van der Waals surface area contributed by atoms with Gasteiger partial charge in [-0.3, -0.25) is 4.79 Å². The van der Waals surface area contributed by atoms with Crippen LogP contribution < -0.4 is 9.46 Å². The van der Waals surface area contributed by atoms with Crippen molar-refractivity contribution in [3.05, 3.63) is 41.8 Å². The van der Waals surface area contributed by atoms with E-state index >= 15 is 0 Å². The molecule has 0 aliphatic carbocycles. The van der Waals surface area contributed by atoms with Crippen molar-refractivity contribution in [3.8, 4) is 5.88 Å². The number of nitrogens with zero attached hydrogens (tertiary/aromatic N) is 2. The van der Waals surface area contributed by atoms with Gasteiger partial charge in [0.15, 0.2) is 5.69 Å². The molecule has 0 unspecified atom stereocenters. The molecule has 7 nitrogen and oxygen atoms in total. The van der Waals surface area contributed by atoms with Gasteiger partial charge in [0.25, 0.3) is 15.9 Å². The predicted molar refractivity (Wildman–Crippen MR) is 68.8 cm³/mol. The maximum atomic E-state index is 12.8. The van der Waals surface area contributed by atoms with Crippen LogP contribution in [0.4, 0.5) is 4.39 Å². The molecular formula is C12H10FN3O4S. The van der Waals surface area contributed by atoms with Gasteiger partial charge in [0, 0.05) is 6.07 Å². The van der Waals surface area contributed by atoms with Crippen LogP contribution in [0.25, 0.3) is 0 Å². The number of hydrogen-bond acceptors (Lipinski definition) is 5. The summed E-state index contributed by atoms with van der Waals surface area (Å²) < 4.78 is 45.3. The van der Waals surface area contributed by atoms with E-state index in [2.05, 4.69) is 5.10 Å². The minimum absolute atomic E-state index is 0.0598. The zero-order chi connectivity index (χ0) is 15.0. The number of hydrogen-bond donors (Lipinski definition) is 1. The molecule has 1 aliphatic heterocycles. The van der Waals surface area contributed by atoms with E-state index in [1.807, 2.05) is 4.72 Å². The molecule has 0 radical (unpaired) electrons. The van der Waals surface area contributed by atoms with Crippen LogP contribution in [-0.2, 0) is 16.6 Å². The number of ether oxygens (including phenoxy) is 1. The first-order valence-electron chi connectivity index (χ1n) is 5.99. The molecule has 1 amide bonds. The molecule has 0 bridgehead atoms. The number of rotatable bonds is 3. The SMILES string of the molecule is O=C(NS(=O)(=O)c1ccc(F)cc1)c1cc2n(n1)CCO2. The summed E-state index contributed by atoms with van der Waals surface area (Å²) in [5.74, 6) is -1.02. The third-order valence-corrected chi connectivity index (χ3v) is 4.23. The van der Waals surface area contributed by atoms with Crippen LogP contribution in [0, 0.1) is 5.82 Å². The Labute approximate surface area is 119 Å². The summed E-state index contributed by atoms with van der Waals surface area (Å²) in [5, 5.41) is 3.94. The van der Waals surface area contributed by atoms with E-state index in [1.165, 1.54) is 10.7 Å². The Balaban J connectivity index is 1.81. The first kappa shape index (κ1) is 13.6. The first-order valence-corrected chi connectivity index (χ1v) is 7.47. The molecule has 1 aromatic carbocycles. The lowest BCUT2D eigenvalue weighted by atomic mass is 10.4. The second-order valence-electron chi connectivity index (χ2n) is 4.33. The molecule has 0 saturated carbocycles. The maximum absolute atomic E-state index is 12.8. The van der Waals surface area contributed by atoms with E-state index < -0.39 is 21.7 Å². The quantitative estimate of drug-likeness (QED) is 0.893. The Bertz CT molecular complexity index is 777. The van der Waals surface area contributed by atoms with E-state index in [9.17, 15) is 17.6 Å². The summed E-state index contributed by atoms with van der Waals surface area (Å²) in [6.45, 7) is 0.978. The number of amides is 1. The van der Waals surface area contributed by atoms with Crippen molar-refractivity contribution in [2.75, 3.05) is 6.61 Å². The average Bonchev–Trinajstić information content (AvgIpc) is 2.99. The molecule has 0 saturated heterocycles. The van der Waals surface area contributed by atoms with Crippen LogP contribution >= 0.6 is 0 Å². The fourth-order valence-electron chi connectivity index (χ4n) is 1.87. The van der Waals surface area contributed by atoms with Crippen molar-refractivity contribution in [1.29, 1.82) is 0 Å². The average molecular weight is 311 g/mol. The minimum atomic E-state index is -4.07. The van der Waals surface area contributed by atoms with Crippen LogP contribution in [0.15, 0.2) is 35.2 Å². The van der Waals surface area contributed by atoms with Gasteiger partial charge in [0.1, 0.15) is 12.4 Å². The third kappa shape index (κ3) is 2.59. The van der Waals surface area contributed by atoms with Gasteiger partial charge >= 0.3 is 0 Å². The number of sulfonamides is 1. The van der Waals surface area contributed by atoms with Crippen LogP contribution in [0.3, 0.4) is 0 Å². The largest absolute Gasteiger partial charge is 0.476 e. The Hall–Kier alpha value is -2.42. The highest BCUT2D eigenvalue weighted by atomic mass is 32.2. The van der Waals surface area contributed by atoms with Gasteiger partial charge in [0.05, 0.1) is 11.4 Å². The Morgan fingerprint density at radius 3 is 2.71 bits per heavy atom. The Morgan fingerprint density at radius 1 is 1.33 bits per heavy atom. The normalized spacial score (nSPS) is 13.6. The van der Waals surface area contributed by atoms with Crippen molar-refractivity contribution < 1.29 is 22.3 Å². The summed E-state index contributed by atoms with van der Waals surface area (Å²) >= 11 is 0. The summed E-state index contributed by atoms with van der Waals surface area (Å²) in [5.41, 5.74) is -0.0598. The molecule has 1 aliphatic rings. The topological polar surface area (TPSA) is 90.3 Å². The second-order valence-corrected chi connectivity index (χ2v) is 6.01. The minimum Gasteiger partial charge on any atom is -0.476 e. The molecule has 1 aromatic heterocycles. The molecule has 2 heterocycles. The number of carbonyl (C=O) groups excluding carboxylic acids is 1. The van der Waals surface area contributed by atoms with E-state index in [4.69, 9.17) is 4.74 Å². The number of halogens is 1. The lowest BCUT2D eigenvalue weighted by Crippen LogP contribution is -2.31. The zero-order valence-corrected chi connectivity index (χ0v) is 11.4. The second kappa shape index (κ2) is 4.85. The summed E-state index contributed by atoms with van der Waals surface area (Å²) in [6.07, 6.45) is 0. The zero-order valence-electron chi connectivity index (χ0n) is 10.6. The number of fused-ring (bicyclic) bond motifs is 1. The van der Waals surface area contributed by atoms with E-state index in [0.29, 0.717) is 19.0 Å². The molecule has 0 atom stereocenters. The van der Waals surface area contributed by atoms with Crippen molar-refractivity contribution in [2.24, 2.45) is 0 Å². The molecule has 21 heavy (non-hydrogen) atoms. The van der Waals surface area contributed by atoms with E-state index in [0.717, 1.165) is 24.3 Å². The van der Waals surface area contributed by atoms with Crippen molar-refractivity contribution >= 4 is 15.9 Å². The summed E-state index contributed by atoms with van der Waals surface area (Å²) in [4.78, 5) is 11.7. The summed E-state index contributed by atoms with van der Waals surface area (Å²) in [6, 6.07) is 5.50. The number of carbonyl (C=O) groups is 1. The van der Waals surface area contributed by atoms with E-state index in [1.54, 1.807) is 0 Å². The predicted octanol–water partition coefficient (Wildman–Crippen LogP) is 0.533. The highest BCUT2D eigenvalue weighted by Crippen LogP contribution is 2.18. The molecular weight excluding hydrogens is 301 g/mol. The molecule has 0 fully saturated rings.